The molecule has 9 nitrogen and oxygen atoms in total. The first kappa shape index (κ1) is 18.1. The van der Waals surface area contributed by atoms with Gasteiger partial charge in [0, 0.05) is 41.9 Å². The topological polar surface area (TPSA) is 110 Å². The zero-order valence-electron chi connectivity index (χ0n) is 15.7. The number of sulfonamides is 1. The molecule has 0 aliphatic carbocycles. The maximum Gasteiger partial charge on any atom is 0.262 e. The predicted octanol–water partition coefficient (Wildman–Crippen LogP) is 2.64. The van der Waals surface area contributed by atoms with Crippen molar-refractivity contribution in [3.05, 3.63) is 48.8 Å². The monoisotopic (exact) mass is 412 g/mol. The van der Waals surface area contributed by atoms with Gasteiger partial charge in [-0.2, -0.15) is 9.29 Å². The molecule has 0 saturated carbocycles. The molecule has 1 aliphatic rings. The lowest BCUT2D eigenvalue weighted by Crippen LogP contribution is -2.35. The molecule has 1 saturated heterocycles. The number of nitrogens with one attached hydrogen (secondary N) is 1. The number of fused-ring (bicyclic) bond motifs is 1. The van der Waals surface area contributed by atoms with Gasteiger partial charge in [-0.3, -0.25) is 0 Å². The van der Waals surface area contributed by atoms with E-state index in [9.17, 15) is 8.42 Å². The van der Waals surface area contributed by atoms with E-state index >= 15 is 0 Å². The van der Waals surface area contributed by atoms with Crippen LogP contribution >= 0.6 is 0 Å². The Kier molecular flexibility index (Phi) is 4.44. The number of aromatic amines is 1. The third kappa shape index (κ3) is 3.34. The van der Waals surface area contributed by atoms with Crippen molar-refractivity contribution in [1.29, 1.82) is 0 Å². The summed E-state index contributed by atoms with van der Waals surface area (Å²) in [5, 5.41) is 5.09. The molecule has 5 rings (SSSR count). The van der Waals surface area contributed by atoms with Crippen LogP contribution in [0.5, 0.6) is 0 Å². The second-order valence-electron chi connectivity index (χ2n) is 7.11. The van der Waals surface area contributed by atoms with Gasteiger partial charge in [0.15, 0.2) is 10.9 Å². The van der Waals surface area contributed by atoms with Crippen molar-refractivity contribution in [1.82, 2.24) is 29.0 Å². The summed E-state index contributed by atoms with van der Waals surface area (Å²) in [4.78, 5) is 11.7. The number of benzene rings is 1. The van der Waals surface area contributed by atoms with Crippen molar-refractivity contribution >= 4 is 20.9 Å². The highest BCUT2D eigenvalue weighted by Crippen LogP contribution is 2.27. The molecule has 1 N–H and O–H groups in total. The Morgan fingerprint density at radius 2 is 2.00 bits per heavy atom. The Labute approximate surface area is 167 Å². The standard InChI is InChI=1S/C19H20N6O3S/c26-29(27,25-9-2-1-3-10-25)18-12-24(13-21-18)11-17-22-19(28-23-17)15-5-4-6-16-14(15)7-8-20-16/h4-8,12-13,20H,1-3,9-11H2. The number of H-pyrrole nitrogens is 1. The molecule has 0 bridgehead atoms. The first-order valence-electron chi connectivity index (χ1n) is 9.52. The van der Waals surface area contributed by atoms with Crippen LogP contribution in [0.2, 0.25) is 0 Å². The van der Waals surface area contributed by atoms with Gasteiger partial charge in [-0.1, -0.05) is 17.6 Å². The summed E-state index contributed by atoms with van der Waals surface area (Å²) in [5.74, 6) is 0.873. The normalized spacial score (nSPS) is 15.9. The van der Waals surface area contributed by atoms with Crippen molar-refractivity contribution in [3.8, 4) is 11.5 Å². The molecular formula is C19H20N6O3S. The molecule has 1 fully saturated rings. The Hall–Kier alpha value is -2.98. The Bertz CT molecular complexity index is 1250. The Balaban J connectivity index is 1.36. The minimum atomic E-state index is -3.56. The van der Waals surface area contributed by atoms with Gasteiger partial charge in [0.05, 0.1) is 12.9 Å². The fraction of sp³-hybridized carbons (Fsp3) is 0.316. The highest BCUT2D eigenvalue weighted by molar-refractivity contribution is 7.89. The van der Waals surface area contributed by atoms with E-state index in [0.29, 0.717) is 24.8 Å². The van der Waals surface area contributed by atoms with Crippen LogP contribution in [-0.2, 0) is 16.6 Å². The molecule has 0 amide bonds. The Morgan fingerprint density at radius 1 is 1.14 bits per heavy atom. The average Bonchev–Trinajstić information content (AvgIpc) is 3.49. The number of hydrogen-bond donors (Lipinski definition) is 1. The number of imidazole rings is 1. The number of hydrogen-bond acceptors (Lipinski definition) is 6. The van der Waals surface area contributed by atoms with E-state index in [1.807, 2.05) is 30.5 Å². The molecule has 4 aromatic rings. The summed E-state index contributed by atoms with van der Waals surface area (Å²) in [5.41, 5.74) is 1.84. The van der Waals surface area contributed by atoms with E-state index in [2.05, 4.69) is 20.1 Å². The zero-order valence-corrected chi connectivity index (χ0v) is 16.5. The first-order chi connectivity index (χ1) is 14.1. The molecule has 10 heteroatoms. The van der Waals surface area contributed by atoms with Gasteiger partial charge in [0.1, 0.15) is 0 Å². The number of piperidine rings is 1. The lowest BCUT2D eigenvalue weighted by Gasteiger charge is -2.24. The van der Waals surface area contributed by atoms with Crippen molar-refractivity contribution in [2.75, 3.05) is 13.1 Å². The van der Waals surface area contributed by atoms with Gasteiger partial charge in [-0.25, -0.2) is 13.4 Å². The maximum atomic E-state index is 12.7. The molecule has 4 heterocycles. The molecule has 0 radical (unpaired) electrons. The van der Waals surface area contributed by atoms with Crippen molar-refractivity contribution in [3.63, 3.8) is 0 Å². The van der Waals surface area contributed by atoms with Crippen molar-refractivity contribution in [2.24, 2.45) is 0 Å². The highest BCUT2D eigenvalue weighted by atomic mass is 32.2. The van der Waals surface area contributed by atoms with Gasteiger partial charge in [0.25, 0.3) is 15.9 Å². The highest BCUT2D eigenvalue weighted by Gasteiger charge is 2.28. The van der Waals surface area contributed by atoms with Crippen LogP contribution in [0.1, 0.15) is 25.1 Å². The van der Waals surface area contributed by atoms with Crippen LogP contribution in [0.15, 0.2) is 52.5 Å². The van der Waals surface area contributed by atoms with Gasteiger partial charge in [-0.05, 0) is 31.0 Å². The van der Waals surface area contributed by atoms with Crippen molar-refractivity contribution in [2.45, 2.75) is 30.8 Å². The van der Waals surface area contributed by atoms with Crippen LogP contribution in [0, 0.1) is 0 Å². The van der Waals surface area contributed by atoms with Gasteiger partial charge >= 0.3 is 0 Å². The largest absolute Gasteiger partial charge is 0.361 e. The predicted molar refractivity (Wildman–Crippen MR) is 106 cm³/mol. The van der Waals surface area contributed by atoms with E-state index in [1.54, 1.807) is 4.57 Å². The molecule has 3 aromatic heterocycles. The molecule has 0 spiro atoms. The summed E-state index contributed by atoms with van der Waals surface area (Å²) in [7, 11) is -3.56. The van der Waals surface area contributed by atoms with E-state index in [1.165, 1.54) is 16.8 Å². The maximum absolute atomic E-state index is 12.7. The second kappa shape index (κ2) is 7.12. The number of rotatable bonds is 5. The van der Waals surface area contributed by atoms with Gasteiger partial charge < -0.3 is 14.1 Å². The lowest BCUT2D eigenvalue weighted by atomic mass is 10.1. The first-order valence-corrected chi connectivity index (χ1v) is 11.0. The quantitative estimate of drug-likeness (QED) is 0.540. The van der Waals surface area contributed by atoms with Crippen LogP contribution in [0.25, 0.3) is 22.4 Å². The molecule has 0 unspecified atom stereocenters. The SMILES string of the molecule is O=S(=O)(c1cn(Cc2noc(-c3cccc4[nH]ccc34)n2)cn1)N1CCCCC1. The van der Waals surface area contributed by atoms with E-state index in [4.69, 9.17) is 4.52 Å². The van der Waals surface area contributed by atoms with Crippen LogP contribution in [0.4, 0.5) is 0 Å². The van der Waals surface area contributed by atoms with Crippen LogP contribution in [-0.4, -0.2) is 50.5 Å². The summed E-state index contributed by atoms with van der Waals surface area (Å²) in [6.07, 6.45) is 7.71. The summed E-state index contributed by atoms with van der Waals surface area (Å²) >= 11 is 0. The third-order valence-electron chi connectivity index (χ3n) is 5.15. The molecule has 29 heavy (non-hydrogen) atoms. The summed E-state index contributed by atoms with van der Waals surface area (Å²) < 4.78 is 34.1. The molecule has 1 aromatic carbocycles. The van der Waals surface area contributed by atoms with E-state index in [-0.39, 0.29) is 11.6 Å². The Morgan fingerprint density at radius 3 is 2.86 bits per heavy atom. The average molecular weight is 412 g/mol. The molecular weight excluding hydrogens is 392 g/mol. The van der Waals surface area contributed by atoms with Crippen LogP contribution in [0.3, 0.4) is 0 Å². The van der Waals surface area contributed by atoms with Gasteiger partial charge in [-0.15, -0.1) is 0 Å². The number of aromatic nitrogens is 5. The van der Waals surface area contributed by atoms with E-state index < -0.39 is 10.0 Å². The molecule has 150 valence electrons. The zero-order chi connectivity index (χ0) is 19.8. The smallest absolute Gasteiger partial charge is 0.262 e. The minimum Gasteiger partial charge on any atom is -0.361 e. The summed E-state index contributed by atoms with van der Waals surface area (Å²) in [6, 6.07) is 7.79. The number of nitrogens with zero attached hydrogens (tertiary/aromatic N) is 5. The van der Waals surface area contributed by atoms with Crippen LogP contribution < -0.4 is 0 Å². The molecule has 0 atom stereocenters. The lowest BCUT2D eigenvalue weighted by molar-refractivity contribution is 0.345. The van der Waals surface area contributed by atoms with Gasteiger partial charge in [0.2, 0.25) is 0 Å². The molecule has 1 aliphatic heterocycles. The van der Waals surface area contributed by atoms with E-state index in [0.717, 1.165) is 35.7 Å². The minimum absolute atomic E-state index is 0.0557. The summed E-state index contributed by atoms with van der Waals surface area (Å²) in [6.45, 7) is 1.37. The van der Waals surface area contributed by atoms with Crippen molar-refractivity contribution < 1.29 is 12.9 Å². The second-order valence-corrected chi connectivity index (χ2v) is 8.99. The fourth-order valence-electron chi connectivity index (χ4n) is 3.66. The third-order valence-corrected chi connectivity index (χ3v) is 6.93. The fourth-order valence-corrected chi connectivity index (χ4v) is 5.11.